The Morgan fingerprint density at radius 1 is 1.04 bits per heavy atom. The molecule has 0 aliphatic heterocycles. The molecule has 0 spiro atoms. The molecule has 0 radical (unpaired) electrons. The van der Waals surface area contributed by atoms with Gasteiger partial charge in [-0.25, -0.2) is 4.98 Å². The summed E-state index contributed by atoms with van der Waals surface area (Å²) in [5.41, 5.74) is 4.19. The van der Waals surface area contributed by atoms with Gasteiger partial charge < -0.3 is 9.88 Å². The van der Waals surface area contributed by atoms with Crippen LogP contribution in [0, 0.1) is 6.92 Å². The van der Waals surface area contributed by atoms with Gasteiger partial charge in [0.2, 0.25) is 5.91 Å². The molecule has 4 aromatic rings. The average Bonchev–Trinajstić information content (AvgIpc) is 3.02. The molecule has 0 aliphatic carbocycles. The number of anilines is 1. The maximum atomic E-state index is 12.8. The molecule has 0 atom stereocenters. The second kappa shape index (κ2) is 7.66. The van der Waals surface area contributed by atoms with E-state index < -0.39 is 0 Å². The van der Waals surface area contributed by atoms with Crippen molar-refractivity contribution in [1.29, 1.82) is 0 Å². The Kier molecular flexibility index (Phi) is 5.07. The molecule has 0 bridgehead atoms. The highest BCUT2D eigenvalue weighted by molar-refractivity contribution is 6.36. The number of imidazole rings is 1. The number of nitrogens with one attached hydrogen (secondary N) is 1. The molecule has 140 valence electrons. The van der Waals surface area contributed by atoms with Gasteiger partial charge in [0, 0.05) is 16.3 Å². The number of hydrogen-bond donors (Lipinski definition) is 1. The summed E-state index contributed by atoms with van der Waals surface area (Å²) in [7, 11) is 0. The molecular formula is C22H17Cl2N3O. The maximum Gasteiger partial charge on any atom is 0.244 e. The van der Waals surface area contributed by atoms with Crippen molar-refractivity contribution in [3.8, 4) is 11.4 Å². The molecule has 0 saturated carbocycles. The molecule has 0 unspecified atom stereocenters. The first-order chi connectivity index (χ1) is 13.5. The van der Waals surface area contributed by atoms with E-state index in [9.17, 15) is 4.79 Å². The van der Waals surface area contributed by atoms with Gasteiger partial charge in [-0.15, -0.1) is 0 Å². The van der Waals surface area contributed by atoms with Gasteiger partial charge in [0.05, 0.1) is 16.1 Å². The Bertz CT molecular complexity index is 1180. The Morgan fingerprint density at radius 2 is 1.79 bits per heavy atom. The largest absolute Gasteiger partial charge is 0.324 e. The number of aromatic nitrogens is 2. The number of nitrogens with zero attached hydrogens (tertiary/aromatic N) is 2. The molecule has 0 fully saturated rings. The van der Waals surface area contributed by atoms with Gasteiger partial charge in [-0.2, -0.15) is 0 Å². The first kappa shape index (κ1) is 18.5. The van der Waals surface area contributed by atoms with E-state index in [-0.39, 0.29) is 12.5 Å². The standard InChI is InChI=1S/C22H17Cl2N3O/c1-14-6-2-3-7-18(14)25-21(28)13-27-20-9-5-4-8-19(20)26-22(27)16-11-10-15(23)12-17(16)24/h2-12H,13H2,1H3,(H,25,28). The summed E-state index contributed by atoms with van der Waals surface area (Å²) < 4.78 is 1.87. The monoisotopic (exact) mass is 409 g/mol. The fraction of sp³-hybridized carbons (Fsp3) is 0.0909. The number of halogens is 2. The normalized spacial score (nSPS) is 11.0. The molecule has 4 nitrogen and oxygen atoms in total. The Hall–Kier alpha value is -2.82. The van der Waals surface area contributed by atoms with Gasteiger partial charge in [0.25, 0.3) is 0 Å². The van der Waals surface area contributed by atoms with E-state index in [4.69, 9.17) is 28.2 Å². The van der Waals surface area contributed by atoms with Crippen LogP contribution in [-0.2, 0) is 11.3 Å². The summed E-state index contributed by atoms with van der Waals surface area (Å²) in [5.74, 6) is 0.492. The molecule has 28 heavy (non-hydrogen) atoms. The van der Waals surface area contributed by atoms with E-state index in [1.54, 1.807) is 12.1 Å². The van der Waals surface area contributed by atoms with Crippen LogP contribution in [0.25, 0.3) is 22.4 Å². The Morgan fingerprint density at radius 3 is 2.57 bits per heavy atom. The van der Waals surface area contributed by atoms with E-state index in [2.05, 4.69) is 5.32 Å². The first-order valence-electron chi connectivity index (χ1n) is 8.79. The minimum Gasteiger partial charge on any atom is -0.324 e. The van der Waals surface area contributed by atoms with Gasteiger partial charge in [-0.05, 0) is 48.9 Å². The minimum atomic E-state index is -0.135. The number of benzene rings is 3. The highest BCUT2D eigenvalue weighted by atomic mass is 35.5. The van der Waals surface area contributed by atoms with Crippen LogP contribution in [0.3, 0.4) is 0 Å². The number of fused-ring (bicyclic) bond motifs is 1. The zero-order chi connectivity index (χ0) is 19.7. The van der Waals surface area contributed by atoms with Crippen LogP contribution in [0.1, 0.15) is 5.56 Å². The van der Waals surface area contributed by atoms with E-state index >= 15 is 0 Å². The molecule has 3 aromatic carbocycles. The van der Waals surface area contributed by atoms with E-state index in [0.717, 1.165) is 27.8 Å². The quantitative estimate of drug-likeness (QED) is 0.452. The molecule has 0 aliphatic rings. The van der Waals surface area contributed by atoms with Crippen molar-refractivity contribution >= 4 is 45.8 Å². The summed E-state index contributed by atoms with van der Waals surface area (Å²) in [6, 6.07) is 20.6. The second-order valence-corrected chi connectivity index (χ2v) is 7.34. The third-order valence-corrected chi connectivity index (χ3v) is 5.10. The lowest BCUT2D eigenvalue weighted by atomic mass is 10.2. The van der Waals surface area contributed by atoms with E-state index in [1.165, 1.54) is 0 Å². The maximum absolute atomic E-state index is 12.8. The Balaban J connectivity index is 1.75. The molecule has 1 heterocycles. The fourth-order valence-electron chi connectivity index (χ4n) is 3.16. The zero-order valence-electron chi connectivity index (χ0n) is 15.1. The summed E-state index contributed by atoms with van der Waals surface area (Å²) >= 11 is 12.4. The average molecular weight is 410 g/mol. The predicted molar refractivity (Wildman–Crippen MR) is 115 cm³/mol. The van der Waals surface area contributed by atoms with Gasteiger partial charge in [0.15, 0.2) is 0 Å². The van der Waals surface area contributed by atoms with Crippen molar-refractivity contribution in [2.75, 3.05) is 5.32 Å². The van der Waals surface area contributed by atoms with Crippen molar-refractivity contribution < 1.29 is 4.79 Å². The number of carbonyl (C=O) groups is 1. The van der Waals surface area contributed by atoms with Crippen LogP contribution in [-0.4, -0.2) is 15.5 Å². The van der Waals surface area contributed by atoms with Gasteiger partial charge in [-0.3, -0.25) is 4.79 Å². The fourth-order valence-corrected chi connectivity index (χ4v) is 3.65. The molecule has 1 amide bonds. The molecule has 1 aromatic heterocycles. The lowest BCUT2D eigenvalue weighted by Gasteiger charge is -2.12. The molecule has 1 N–H and O–H groups in total. The third-order valence-electron chi connectivity index (χ3n) is 4.55. The van der Waals surface area contributed by atoms with Crippen molar-refractivity contribution in [3.63, 3.8) is 0 Å². The van der Waals surface area contributed by atoms with Crippen LogP contribution >= 0.6 is 23.2 Å². The van der Waals surface area contributed by atoms with E-state index in [1.807, 2.05) is 66.1 Å². The SMILES string of the molecule is Cc1ccccc1NC(=O)Cn1c(-c2ccc(Cl)cc2Cl)nc2ccccc21. The summed E-state index contributed by atoms with van der Waals surface area (Å²) in [4.78, 5) is 17.5. The molecule has 4 rings (SSSR count). The van der Waals surface area contributed by atoms with Crippen LogP contribution in [0.5, 0.6) is 0 Å². The smallest absolute Gasteiger partial charge is 0.244 e. The zero-order valence-corrected chi connectivity index (χ0v) is 16.6. The molecular weight excluding hydrogens is 393 g/mol. The number of carbonyl (C=O) groups excluding carboxylic acids is 1. The van der Waals surface area contributed by atoms with Crippen LogP contribution in [0.4, 0.5) is 5.69 Å². The summed E-state index contributed by atoms with van der Waals surface area (Å²) in [6.45, 7) is 2.07. The summed E-state index contributed by atoms with van der Waals surface area (Å²) in [5, 5.41) is 4.01. The van der Waals surface area contributed by atoms with Gasteiger partial charge >= 0.3 is 0 Å². The molecule has 0 saturated heterocycles. The predicted octanol–water partition coefficient (Wildman–Crippen LogP) is 5.96. The van der Waals surface area contributed by atoms with Crippen molar-refractivity contribution in [1.82, 2.24) is 9.55 Å². The second-order valence-electron chi connectivity index (χ2n) is 6.50. The first-order valence-corrected chi connectivity index (χ1v) is 9.54. The van der Waals surface area contributed by atoms with E-state index in [0.29, 0.717) is 15.9 Å². The minimum absolute atomic E-state index is 0.114. The topological polar surface area (TPSA) is 46.9 Å². The van der Waals surface area contributed by atoms with Gasteiger partial charge in [-0.1, -0.05) is 53.5 Å². The van der Waals surface area contributed by atoms with Crippen molar-refractivity contribution in [2.45, 2.75) is 13.5 Å². The number of para-hydroxylation sites is 3. The van der Waals surface area contributed by atoms with Gasteiger partial charge in [0.1, 0.15) is 12.4 Å². The van der Waals surface area contributed by atoms with Crippen LogP contribution in [0.15, 0.2) is 66.7 Å². The third kappa shape index (κ3) is 3.61. The number of aryl methyl sites for hydroxylation is 1. The molecule has 6 heteroatoms. The van der Waals surface area contributed by atoms with Crippen molar-refractivity contribution in [3.05, 3.63) is 82.3 Å². The van der Waals surface area contributed by atoms with Crippen LogP contribution < -0.4 is 5.32 Å². The lowest BCUT2D eigenvalue weighted by Crippen LogP contribution is -2.19. The highest BCUT2D eigenvalue weighted by Gasteiger charge is 2.17. The number of amides is 1. The lowest BCUT2D eigenvalue weighted by molar-refractivity contribution is -0.116. The number of hydrogen-bond acceptors (Lipinski definition) is 2. The Labute approximate surface area is 172 Å². The highest BCUT2D eigenvalue weighted by Crippen LogP contribution is 2.32. The van der Waals surface area contributed by atoms with Crippen LogP contribution in [0.2, 0.25) is 10.0 Å². The summed E-state index contributed by atoms with van der Waals surface area (Å²) in [6.07, 6.45) is 0. The van der Waals surface area contributed by atoms with Crippen molar-refractivity contribution in [2.24, 2.45) is 0 Å². The number of rotatable bonds is 4.